The van der Waals surface area contributed by atoms with Crippen LogP contribution in [0.4, 0.5) is 0 Å². The molecule has 1 aromatic carbocycles. The second-order valence-electron chi connectivity index (χ2n) is 5.24. The Kier molecular flexibility index (Phi) is 5.69. The van der Waals surface area contributed by atoms with E-state index in [9.17, 15) is 0 Å². The molecule has 0 unspecified atom stereocenters. The number of aromatic nitrogens is 2. The molecular formula is C17H23N3O. The number of nitrogens with zero attached hydrogens (tertiary/aromatic N) is 3. The summed E-state index contributed by atoms with van der Waals surface area (Å²) in [5.41, 5.74) is 2.36. The highest BCUT2D eigenvalue weighted by Crippen LogP contribution is 2.16. The zero-order chi connectivity index (χ0) is 15.1. The fourth-order valence-electron chi connectivity index (χ4n) is 2.27. The van der Waals surface area contributed by atoms with Crippen molar-refractivity contribution >= 4 is 0 Å². The predicted molar refractivity (Wildman–Crippen MR) is 84.4 cm³/mol. The predicted octanol–water partition coefficient (Wildman–Crippen LogP) is 3.11. The van der Waals surface area contributed by atoms with Gasteiger partial charge in [-0.3, -0.25) is 14.9 Å². The van der Waals surface area contributed by atoms with Crippen molar-refractivity contribution in [3.63, 3.8) is 0 Å². The van der Waals surface area contributed by atoms with E-state index in [0.717, 1.165) is 30.8 Å². The van der Waals surface area contributed by atoms with E-state index in [4.69, 9.17) is 4.74 Å². The van der Waals surface area contributed by atoms with Gasteiger partial charge in [0.2, 0.25) is 0 Å². The van der Waals surface area contributed by atoms with Gasteiger partial charge in [0.25, 0.3) is 0 Å². The third-order valence-corrected chi connectivity index (χ3v) is 3.81. The molecule has 0 saturated heterocycles. The second-order valence-corrected chi connectivity index (χ2v) is 5.24. The molecule has 1 atom stereocenters. The van der Waals surface area contributed by atoms with Crippen LogP contribution in [0.5, 0.6) is 5.75 Å². The van der Waals surface area contributed by atoms with Crippen molar-refractivity contribution in [3.8, 4) is 5.75 Å². The average molecular weight is 285 g/mol. The second kappa shape index (κ2) is 7.74. The summed E-state index contributed by atoms with van der Waals surface area (Å²) in [4.78, 5) is 10.8. The van der Waals surface area contributed by atoms with E-state index >= 15 is 0 Å². The summed E-state index contributed by atoms with van der Waals surface area (Å²) in [7, 11) is 3.82. The van der Waals surface area contributed by atoms with Crippen LogP contribution in [0, 0.1) is 0 Å². The van der Waals surface area contributed by atoms with Crippen LogP contribution in [0.3, 0.4) is 0 Å². The summed E-state index contributed by atoms with van der Waals surface area (Å²) in [5, 5.41) is 0. The van der Waals surface area contributed by atoms with Crippen LogP contribution in [-0.2, 0) is 6.42 Å². The molecule has 0 fully saturated rings. The lowest BCUT2D eigenvalue weighted by atomic mass is 10.1. The Balaban J connectivity index is 1.79. The molecule has 0 aliphatic rings. The smallest absolute Gasteiger partial charge is 0.118 e. The first-order valence-electron chi connectivity index (χ1n) is 7.30. The molecule has 1 aromatic heterocycles. The van der Waals surface area contributed by atoms with Gasteiger partial charge in [-0.2, -0.15) is 0 Å². The highest BCUT2D eigenvalue weighted by Gasteiger charge is 2.12. The maximum atomic E-state index is 5.17. The molecule has 0 saturated carbocycles. The Morgan fingerprint density at radius 3 is 2.57 bits per heavy atom. The minimum absolute atomic E-state index is 0.287. The zero-order valence-electron chi connectivity index (χ0n) is 13.0. The van der Waals surface area contributed by atoms with E-state index < -0.39 is 0 Å². The van der Waals surface area contributed by atoms with Crippen LogP contribution in [-0.4, -0.2) is 35.6 Å². The highest BCUT2D eigenvalue weighted by atomic mass is 16.5. The Labute approximate surface area is 126 Å². The molecular weight excluding hydrogens is 262 g/mol. The Morgan fingerprint density at radius 2 is 1.95 bits per heavy atom. The van der Waals surface area contributed by atoms with E-state index in [1.54, 1.807) is 19.5 Å². The molecule has 0 N–H and O–H groups in total. The fraction of sp³-hybridized carbons (Fsp3) is 0.412. The van der Waals surface area contributed by atoms with Gasteiger partial charge in [0.05, 0.1) is 18.8 Å². The van der Waals surface area contributed by atoms with Gasteiger partial charge < -0.3 is 4.74 Å². The minimum Gasteiger partial charge on any atom is -0.497 e. The van der Waals surface area contributed by atoms with Gasteiger partial charge in [-0.25, -0.2) is 0 Å². The summed E-state index contributed by atoms with van der Waals surface area (Å²) >= 11 is 0. The summed E-state index contributed by atoms with van der Waals surface area (Å²) < 4.78 is 5.17. The molecule has 4 heteroatoms. The maximum Gasteiger partial charge on any atom is 0.118 e. The van der Waals surface area contributed by atoms with Crippen LogP contribution in [0.1, 0.15) is 30.6 Å². The van der Waals surface area contributed by atoms with Gasteiger partial charge in [-0.05, 0) is 51.1 Å². The Hall–Kier alpha value is -1.94. The lowest BCUT2D eigenvalue weighted by Gasteiger charge is -2.23. The molecule has 112 valence electrons. The van der Waals surface area contributed by atoms with Gasteiger partial charge in [0.15, 0.2) is 0 Å². The fourth-order valence-corrected chi connectivity index (χ4v) is 2.27. The van der Waals surface area contributed by atoms with Gasteiger partial charge in [0, 0.05) is 18.6 Å². The van der Waals surface area contributed by atoms with Crippen molar-refractivity contribution in [3.05, 3.63) is 54.1 Å². The quantitative estimate of drug-likeness (QED) is 0.783. The molecule has 0 spiro atoms. The molecule has 0 radical (unpaired) electrons. The Bertz CT molecular complexity index is 527. The first-order chi connectivity index (χ1) is 10.2. The van der Waals surface area contributed by atoms with Gasteiger partial charge in [-0.15, -0.1) is 0 Å². The lowest BCUT2D eigenvalue weighted by Crippen LogP contribution is -2.24. The molecule has 2 rings (SSSR count). The van der Waals surface area contributed by atoms with Gasteiger partial charge >= 0.3 is 0 Å². The molecule has 0 amide bonds. The minimum atomic E-state index is 0.287. The number of methoxy groups -OCH3 is 1. The van der Waals surface area contributed by atoms with Crippen molar-refractivity contribution in [2.75, 3.05) is 20.7 Å². The van der Waals surface area contributed by atoms with E-state index in [-0.39, 0.29) is 6.04 Å². The third-order valence-electron chi connectivity index (χ3n) is 3.81. The SMILES string of the molecule is COc1ccc(CCCN(C)[C@H](C)c2cnccn2)cc1. The lowest BCUT2D eigenvalue weighted by molar-refractivity contribution is 0.253. The number of rotatable bonds is 7. The zero-order valence-corrected chi connectivity index (χ0v) is 13.0. The van der Waals surface area contributed by atoms with Gasteiger partial charge in [-0.1, -0.05) is 12.1 Å². The van der Waals surface area contributed by atoms with Crippen molar-refractivity contribution in [2.45, 2.75) is 25.8 Å². The van der Waals surface area contributed by atoms with E-state index in [0.29, 0.717) is 0 Å². The highest BCUT2D eigenvalue weighted by molar-refractivity contribution is 5.27. The van der Waals surface area contributed by atoms with Crippen molar-refractivity contribution in [1.82, 2.24) is 14.9 Å². The largest absolute Gasteiger partial charge is 0.497 e. The van der Waals surface area contributed by atoms with Crippen LogP contribution in [0.2, 0.25) is 0 Å². The molecule has 0 bridgehead atoms. The van der Waals surface area contributed by atoms with E-state index in [2.05, 4.69) is 41.0 Å². The van der Waals surface area contributed by atoms with Crippen LogP contribution < -0.4 is 4.74 Å². The number of hydrogen-bond acceptors (Lipinski definition) is 4. The van der Waals surface area contributed by atoms with Crippen LogP contribution >= 0.6 is 0 Å². The van der Waals surface area contributed by atoms with Crippen LogP contribution in [0.25, 0.3) is 0 Å². The summed E-state index contributed by atoms with van der Waals surface area (Å²) in [6.07, 6.45) is 7.48. The van der Waals surface area contributed by atoms with Gasteiger partial charge in [0.1, 0.15) is 5.75 Å². The van der Waals surface area contributed by atoms with Crippen molar-refractivity contribution < 1.29 is 4.74 Å². The molecule has 0 aliphatic heterocycles. The summed E-state index contributed by atoms with van der Waals surface area (Å²) in [6, 6.07) is 8.58. The third kappa shape index (κ3) is 4.53. The van der Waals surface area contributed by atoms with Crippen molar-refractivity contribution in [1.29, 1.82) is 0 Å². The maximum absolute atomic E-state index is 5.17. The molecule has 0 aliphatic carbocycles. The topological polar surface area (TPSA) is 38.2 Å². The number of benzene rings is 1. The van der Waals surface area contributed by atoms with Crippen LogP contribution in [0.15, 0.2) is 42.9 Å². The average Bonchev–Trinajstić information content (AvgIpc) is 2.55. The Morgan fingerprint density at radius 1 is 1.19 bits per heavy atom. The van der Waals surface area contributed by atoms with E-state index in [1.807, 2.05) is 18.3 Å². The summed E-state index contributed by atoms with van der Waals surface area (Å²) in [6.45, 7) is 3.20. The standard InChI is InChI=1S/C17H23N3O/c1-14(17-13-18-10-11-19-17)20(2)12-4-5-15-6-8-16(21-3)9-7-15/h6-11,13-14H,4-5,12H2,1-3H3/t14-/m1/s1. The van der Waals surface area contributed by atoms with Crippen molar-refractivity contribution in [2.24, 2.45) is 0 Å². The molecule has 1 heterocycles. The molecule has 2 aromatic rings. The normalized spacial score (nSPS) is 12.4. The monoisotopic (exact) mass is 285 g/mol. The summed E-state index contributed by atoms with van der Waals surface area (Å²) in [5.74, 6) is 0.909. The number of aryl methyl sites for hydroxylation is 1. The first-order valence-corrected chi connectivity index (χ1v) is 7.30. The number of hydrogen-bond donors (Lipinski definition) is 0. The molecule has 4 nitrogen and oxygen atoms in total. The number of ether oxygens (including phenoxy) is 1. The van der Waals surface area contributed by atoms with E-state index in [1.165, 1.54) is 5.56 Å². The molecule has 21 heavy (non-hydrogen) atoms. The first kappa shape index (κ1) is 15.4.